The van der Waals surface area contributed by atoms with E-state index in [0.717, 1.165) is 31.5 Å². The van der Waals surface area contributed by atoms with Crippen LogP contribution in [0.4, 0.5) is 0 Å². The molecule has 13 nitrogen and oxygen atoms in total. The lowest BCUT2D eigenvalue weighted by Crippen LogP contribution is -2.44. The molecule has 0 aromatic carbocycles. The van der Waals surface area contributed by atoms with Crippen molar-refractivity contribution in [3.63, 3.8) is 0 Å². The summed E-state index contributed by atoms with van der Waals surface area (Å²) in [5.41, 5.74) is 0. The molecule has 0 bridgehead atoms. The average molecular weight is 886 g/mol. The van der Waals surface area contributed by atoms with Gasteiger partial charge < -0.3 is 42.3 Å². The Kier molecular flexibility index (Phi) is 37.3. The molecular formula is C40H87NO12Si4. The van der Waals surface area contributed by atoms with E-state index in [1.54, 1.807) is 0 Å². The molecule has 17 heteroatoms. The molecule has 340 valence electrons. The maximum atomic E-state index is 11.2. The van der Waals surface area contributed by atoms with Crippen LogP contribution in [0.3, 0.4) is 0 Å². The molecule has 0 spiro atoms. The first-order chi connectivity index (χ1) is 26.5. The zero-order chi connectivity index (χ0) is 44.4. The number of ether oxygens (including phenoxy) is 4. The van der Waals surface area contributed by atoms with Gasteiger partial charge in [0, 0.05) is 13.2 Å². The summed E-state index contributed by atoms with van der Waals surface area (Å²) in [4.78, 5) is 44.0. The second-order valence-electron chi connectivity index (χ2n) is 16.7. The van der Waals surface area contributed by atoms with E-state index < -0.39 is 57.1 Å². The number of esters is 3. The van der Waals surface area contributed by atoms with Gasteiger partial charge in [0.2, 0.25) is 0 Å². The highest BCUT2D eigenvalue weighted by atomic mass is 28.4. The summed E-state index contributed by atoms with van der Waals surface area (Å²) < 4.78 is 32.8. The number of carbonyl (C=O) groups excluding carboxylic acids is 3. The molecule has 0 amide bonds. The molecule has 1 fully saturated rings. The highest BCUT2D eigenvalue weighted by molar-refractivity contribution is 6.85. The maximum Gasteiger partial charge on any atom is 0.314 e. The maximum absolute atomic E-state index is 11.2. The minimum atomic E-state index is -1.66. The lowest BCUT2D eigenvalue weighted by molar-refractivity contribution is -0.152. The number of nitrogens with zero attached hydrogens (tertiary/aromatic N) is 1. The Morgan fingerprint density at radius 2 is 0.982 bits per heavy atom. The van der Waals surface area contributed by atoms with Crippen LogP contribution in [-0.4, -0.2) is 132 Å². The first-order valence-corrected chi connectivity index (χ1v) is 34.0. The zero-order valence-electron chi connectivity index (χ0n) is 38.7. The van der Waals surface area contributed by atoms with Gasteiger partial charge in [-0.2, -0.15) is 0 Å². The number of cyclic esters (lactones) is 2. The van der Waals surface area contributed by atoms with Crippen LogP contribution in [-0.2, 0) is 46.4 Å². The number of carboxylic acid groups (broad SMARTS) is 1. The van der Waals surface area contributed by atoms with Gasteiger partial charge in [0.15, 0.2) is 33.3 Å². The quantitative estimate of drug-likeness (QED) is 0.0317. The minimum absolute atomic E-state index is 0.0931. The van der Waals surface area contributed by atoms with Gasteiger partial charge in [-0.1, -0.05) is 60.3 Å². The zero-order valence-corrected chi connectivity index (χ0v) is 42.7. The third-order valence-corrected chi connectivity index (χ3v) is 23.9. The van der Waals surface area contributed by atoms with Crippen molar-refractivity contribution in [2.24, 2.45) is 0 Å². The summed E-state index contributed by atoms with van der Waals surface area (Å²) >= 11 is 0. The normalized spacial score (nSPS) is 13.2. The summed E-state index contributed by atoms with van der Waals surface area (Å²) in [7, 11) is -6.19. The lowest BCUT2D eigenvalue weighted by atomic mass is 10.3. The minimum Gasteiger partial charge on any atom is -0.481 e. The molecule has 0 atom stereocenters. The molecule has 0 aliphatic carbocycles. The van der Waals surface area contributed by atoms with Gasteiger partial charge in [0.1, 0.15) is 6.61 Å². The Balaban J connectivity index is -0.000000781. The number of carboxylic acids is 1. The van der Waals surface area contributed by atoms with E-state index in [9.17, 15) is 19.2 Å². The molecule has 0 aromatic rings. The fraction of sp³-hybridized carbons (Fsp3) is 0.900. The lowest BCUT2D eigenvalue weighted by Gasteiger charge is -2.34. The van der Waals surface area contributed by atoms with Crippen molar-refractivity contribution in [2.75, 3.05) is 59.3 Å². The van der Waals surface area contributed by atoms with Crippen molar-refractivity contribution in [1.29, 1.82) is 0 Å². The van der Waals surface area contributed by atoms with E-state index in [1.807, 2.05) is 0 Å². The van der Waals surface area contributed by atoms with E-state index in [4.69, 9.17) is 32.7 Å². The van der Waals surface area contributed by atoms with Crippen molar-refractivity contribution in [3.8, 4) is 0 Å². The Bertz CT molecular complexity index is 1020. The second kappa shape index (κ2) is 35.5. The van der Waals surface area contributed by atoms with Crippen LogP contribution in [0.1, 0.15) is 98.8 Å². The first-order valence-electron chi connectivity index (χ1n) is 21.5. The van der Waals surface area contributed by atoms with Gasteiger partial charge in [-0.25, -0.2) is 0 Å². The second-order valence-corrected chi connectivity index (χ2v) is 34.4. The smallest absolute Gasteiger partial charge is 0.314 e. The molecule has 0 aromatic heterocycles. The molecule has 0 saturated carbocycles. The first kappa shape index (κ1) is 60.0. The summed E-state index contributed by atoms with van der Waals surface area (Å²) in [6, 6.07) is 4.72. The highest BCUT2D eigenvalue weighted by Crippen LogP contribution is 2.25. The van der Waals surface area contributed by atoms with Crippen LogP contribution in [0.15, 0.2) is 0 Å². The van der Waals surface area contributed by atoms with E-state index in [2.05, 4.69) is 96.6 Å². The van der Waals surface area contributed by atoms with Crippen molar-refractivity contribution in [3.05, 3.63) is 0 Å². The summed E-state index contributed by atoms with van der Waals surface area (Å²) in [5, 5.41) is 17.1. The number of carbonyl (C=O) groups is 4. The van der Waals surface area contributed by atoms with Gasteiger partial charge in [0.25, 0.3) is 0 Å². The van der Waals surface area contributed by atoms with Crippen molar-refractivity contribution >= 4 is 57.1 Å². The van der Waals surface area contributed by atoms with Crippen molar-refractivity contribution in [2.45, 2.75) is 175 Å². The number of hydrogen-bond acceptors (Lipinski definition) is 12. The molecular weight excluding hydrogens is 799 g/mol. The van der Waals surface area contributed by atoms with Crippen LogP contribution < -0.4 is 0 Å². The number of unbranched alkanes of at least 4 members (excludes halogenated alkanes) is 2. The standard InChI is InChI=1S/C17H36O6Si2.C13H32O3Si2.C6H15N.C4H4O3/c1-6-7-14-24(2,3)23-25(4,5)15-8-11-21-12-13-22-17(20)10-9-16(18)19;1-6-7-12-17(2,3)16-18(4,5)13-8-10-15-11-9-14;1-4-7(5-2)6-3;5-3-1-2-4(6)7-3/h6-15H2,1-5H3,(H,18,19);14H,6-13H2,1-5H3;4-6H2,1-3H3;1-2H2. The summed E-state index contributed by atoms with van der Waals surface area (Å²) in [6.07, 6.45) is 7.26. The molecule has 57 heavy (non-hydrogen) atoms. The van der Waals surface area contributed by atoms with Gasteiger partial charge in [0.05, 0.1) is 45.5 Å². The largest absolute Gasteiger partial charge is 0.481 e. The Morgan fingerprint density at radius 1 is 0.596 bits per heavy atom. The van der Waals surface area contributed by atoms with Gasteiger partial charge in [-0.3, -0.25) is 19.2 Å². The molecule has 1 aliphatic rings. The van der Waals surface area contributed by atoms with Crippen molar-refractivity contribution in [1.82, 2.24) is 4.90 Å². The molecule has 1 heterocycles. The number of aliphatic carboxylic acids is 1. The number of hydrogen-bond donors (Lipinski definition) is 2. The van der Waals surface area contributed by atoms with Gasteiger partial charge in [-0.15, -0.1) is 0 Å². The number of aliphatic hydroxyl groups excluding tert-OH is 1. The van der Waals surface area contributed by atoms with Gasteiger partial charge >= 0.3 is 23.9 Å². The summed E-state index contributed by atoms with van der Waals surface area (Å²) in [6.45, 7) is 35.6. The number of rotatable bonds is 29. The average Bonchev–Trinajstić information content (AvgIpc) is 3.50. The predicted octanol–water partition coefficient (Wildman–Crippen LogP) is 8.84. The highest BCUT2D eigenvalue weighted by Gasteiger charge is 2.33. The SMILES string of the molecule is CCCC[Si](C)(C)O[Si](C)(C)CCCOCCO.CCCC[Si](C)(C)O[Si](C)(C)CCCOCCOC(=O)CCC(=O)O.CCN(CC)CC.O=C1CCC(=O)O1. The number of aliphatic hydroxyl groups is 1. The fourth-order valence-corrected chi connectivity index (χ4v) is 24.0. The third-order valence-electron chi connectivity index (χ3n) is 8.88. The topological polar surface area (TPSA) is 167 Å². The van der Waals surface area contributed by atoms with Gasteiger partial charge in [-0.05, 0) is 109 Å². The predicted molar refractivity (Wildman–Crippen MR) is 241 cm³/mol. The third kappa shape index (κ3) is 42.6. The summed E-state index contributed by atoms with van der Waals surface area (Å²) in [5.74, 6) is -2.29. The molecule has 0 radical (unpaired) electrons. The van der Waals surface area contributed by atoms with Crippen LogP contribution in [0, 0.1) is 0 Å². The van der Waals surface area contributed by atoms with Crippen LogP contribution in [0.5, 0.6) is 0 Å². The van der Waals surface area contributed by atoms with E-state index >= 15 is 0 Å². The molecule has 1 aliphatic heterocycles. The monoisotopic (exact) mass is 886 g/mol. The van der Waals surface area contributed by atoms with E-state index in [0.29, 0.717) is 19.8 Å². The molecule has 2 N–H and O–H groups in total. The van der Waals surface area contributed by atoms with Crippen LogP contribution in [0.25, 0.3) is 0 Å². The Labute approximate surface area is 352 Å². The van der Waals surface area contributed by atoms with E-state index in [-0.39, 0.29) is 38.9 Å². The van der Waals surface area contributed by atoms with Crippen molar-refractivity contribution < 1.29 is 56.6 Å². The Morgan fingerprint density at radius 3 is 1.28 bits per heavy atom. The van der Waals surface area contributed by atoms with Crippen LogP contribution in [0.2, 0.25) is 76.6 Å². The molecule has 1 rings (SSSR count). The van der Waals surface area contributed by atoms with Crippen LogP contribution >= 0.6 is 0 Å². The van der Waals surface area contributed by atoms with E-state index in [1.165, 1.54) is 57.4 Å². The molecule has 0 unspecified atom stereocenters. The molecule has 1 saturated heterocycles. The fourth-order valence-electron chi connectivity index (χ4n) is 5.97. The Hall–Kier alpha value is -1.29.